The van der Waals surface area contributed by atoms with Crippen LogP contribution >= 0.6 is 0 Å². The van der Waals surface area contributed by atoms with E-state index in [-0.39, 0.29) is 0 Å². The fourth-order valence-electron chi connectivity index (χ4n) is 1.92. The van der Waals surface area contributed by atoms with E-state index in [4.69, 9.17) is 10.6 Å². The van der Waals surface area contributed by atoms with E-state index in [1.165, 1.54) is 12.8 Å². The van der Waals surface area contributed by atoms with E-state index >= 15 is 0 Å². The van der Waals surface area contributed by atoms with Gasteiger partial charge in [-0.15, -0.1) is 0 Å². The van der Waals surface area contributed by atoms with Gasteiger partial charge in [0.05, 0.1) is 0 Å². The van der Waals surface area contributed by atoms with E-state index in [1.807, 2.05) is 6.07 Å². The number of nitrogens with two attached hydrogens (primary N) is 1. The van der Waals surface area contributed by atoms with Crippen molar-refractivity contribution in [1.29, 1.82) is 0 Å². The number of methoxy groups -OCH3 is 1. The fraction of sp³-hybridized carbons (Fsp3) is 0.692. The number of hydrogen-bond acceptors (Lipinski definition) is 6. The second kappa shape index (κ2) is 7.25. The van der Waals surface area contributed by atoms with Crippen LogP contribution in [0.2, 0.25) is 0 Å². The van der Waals surface area contributed by atoms with Crippen molar-refractivity contribution in [3.63, 3.8) is 0 Å². The minimum Gasteiger partial charge on any atom is -0.385 e. The summed E-state index contributed by atoms with van der Waals surface area (Å²) in [5.41, 5.74) is 2.60. The summed E-state index contributed by atoms with van der Waals surface area (Å²) < 4.78 is 5.02. The van der Waals surface area contributed by atoms with Crippen LogP contribution in [0.1, 0.15) is 43.8 Å². The molecule has 0 bridgehead atoms. The summed E-state index contributed by atoms with van der Waals surface area (Å²) in [4.78, 5) is 8.91. The van der Waals surface area contributed by atoms with E-state index in [9.17, 15) is 0 Å². The number of hydrogen-bond donors (Lipinski definition) is 3. The quantitative estimate of drug-likeness (QED) is 0.359. The highest BCUT2D eigenvalue weighted by atomic mass is 16.5. The molecule has 0 aliphatic heterocycles. The highest BCUT2D eigenvalue weighted by molar-refractivity contribution is 5.47. The monoisotopic (exact) mass is 265 g/mol. The highest BCUT2D eigenvalue weighted by Gasteiger charge is 2.27. The molecule has 19 heavy (non-hydrogen) atoms. The van der Waals surface area contributed by atoms with Crippen LogP contribution in [0, 0.1) is 0 Å². The van der Waals surface area contributed by atoms with Crippen molar-refractivity contribution in [1.82, 2.24) is 9.97 Å². The zero-order valence-electron chi connectivity index (χ0n) is 11.5. The largest absolute Gasteiger partial charge is 0.385 e. The number of unbranched alkanes of at least 4 members (excludes halogenated alkanes) is 2. The first-order chi connectivity index (χ1) is 9.33. The summed E-state index contributed by atoms with van der Waals surface area (Å²) in [6.45, 7) is 1.75. The van der Waals surface area contributed by atoms with Gasteiger partial charge < -0.3 is 15.5 Å². The molecule has 2 rings (SSSR count). The standard InChI is InChI=1S/C13H23N5O/c1-19-8-4-2-3-7-15-11-9-12(18-14)17-13(16-11)10-5-6-10/h9-10H,2-8,14H2,1H3,(H2,15,16,17,18). The number of nitrogen functional groups attached to an aromatic ring is 1. The van der Waals surface area contributed by atoms with Gasteiger partial charge in [0.1, 0.15) is 17.5 Å². The molecule has 0 spiro atoms. The molecule has 106 valence electrons. The zero-order chi connectivity index (χ0) is 13.5. The number of rotatable bonds is 9. The number of anilines is 2. The first-order valence-corrected chi connectivity index (χ1v) is 6.92. The van der Waals surface area contributed by atoms with Crippen LogP contribution < -0.4 is 16.6 Å². The van der Waals surface area contributed by atoms with Crippen molar-refractivity contribution < 1.29 is 4.74 Å². The number of aromatic nitrogens is 2. The van der Waals surface area contributed by atoms with Gasteiger partial charge >= 0.3 is 0 Å². The Morgan fingerprint density at radius 1 is 1.26 bits per heavy atom. The van der Waals surface area contributed by atoms with Gasteiger partial charge in [-0.1, -0.05) is 0 Å². The summed E-state index contributed by atoms with van der Waals surface area (Å²) in [7, 11) is 1.74. The third-order valence-corrected chi connectivity index (χ3v) is 3.17. The molecule has 0 radical (unpaired) electrons. The van der Waals surface area contributed by atoms with Crippen molar-refractivity contribution in [2.45, 2.75) is 38.0 Å². The molecule has 0 amide bonds. The molecule has 1 aromatic heterocycles. The number of hydrazine groups is 1. The molecule has 1 aliphatic rings. The second-order valence-corrected chi connectivity index (χ2v) is 4.90. The van der Waals surface area contributed by atoms with Gasteiger partial charge in [-0.25, -0.2) is 15.8 Å². The molecular weight excluding hydrogens is 242 g/mol. The topological polar surface area (TPSA) is 85.1 Å². The average Bonchev–Trinajstić information content (AvgIpc) is 3.27. The SMILES string of the molecule is COCCCCCNc1cc(NN)nc(C2CC2)n1. The third-order valence-electron chi connectivity index (χ3n) is 3.17. The average molecular weight is 265 g/mol. The van der Waals surface area contributed by atoms with Gasteiger partial charge in [-0.2, -0.15) is 0 Å². The van der Waals surface area contributed by atoms with Crippen LogP contribution in [0.5, 0.6) is 0 Å². The fourth-order valence-corrected chi connectivity index (χ4v) is 1.92. The molecule has 1 aromatic rings. The molecule has 1 heterocycles. The van der Waals surface area contributed by atoms with E-state index in [0.717, 1.165) is 44.1 Å². The van der Waals surface area contributed by atoms with E-state index in [0.29, 0.717) is 11.7 Å². The third kappa shape index (κ3) is 4.65. The molecule has 1 saturated carbocycles. The van der Waals surface area contributed by atoms with Gasteiger partial charge in [0.25, 0.3) is 0 Å². The Bertz CT molecular complexity index is 395. The van der Waals surface area contributed by atoms with Gasteiger partial charge in [0.15, 0.2) is 0 Å². The molecule has 0 atom stereocenters. The Hall–Kier alpha value is -1.40. The Labute approximate surface area is 114 Å². The van der Waals surface area contributed by atoms with Crippen LogP contribution in [0.4, 0.5) is 11.6 Å². The highest BCUT2D eigenvalue weighted by Crippen LogP contribution is 2.38. The lowest BCUT2D eigenvalue weighted by Crippen LogP contribution is -2.12. The first kappa shape index (κ1) is 14.0. The van der Waals surface area contributed by atoms with Gasteiger partial charge in [-0.05, 0) is 32.1 Å². The Balaban J connectivity index is 1.80. The lowest BCUT2D eigenvalue weighted by atomic mass is 10.2. The van der Waals surface area contributed by atoms with Crippen molar-refractivity contribution in [2.75, 3.05) is 31.0 Å². The van der Waals surface area contributed by atoms with Crippen molar-refractivity contribution in [3.8, 4) is 0 Å². The lowest BCUT2D eigenvalue weighted by Gasteiger charge is -2.09. The molecular formula is C13H23N5O. The van der Waals surface area contributed by atoms with Crippen molar-refractivity contribution in [2.24, 2.45) is 5.84 Å². The predicted octanol–water partition coefficient (Wildman–Crippen LogP) is 1.87. The summed E-state index contributed by atoms with van der Waals surface area (Å²) in [5.74, 6) is 8.40. The Kier molecular flexibility index (Phi) is 5.35. The van der Waals surface area contributed by atoms with Crippen LogP contribution in [-0.4, -0.2) is 30.2 Å². The molecule has 6 nitrogen and oxygen atoms in total. The molecule has 0 aromatic carbocycles. The first-order valence-electron chi connectivity index (χ1n) is 6.92. The van der Waals surface area contributed by atoms with Gasteiger partial charge in [0, 0.05) is 32.2 Å². The summed E-state index contributed by atoms with van der Waals surface area (Å²) >= 11 is 0. The van der Waals surface area contributed by atoms with Crippen LogP contribution in [0.25, 0.3) is 0 Å². The number of nitrogens with one attached hydrogen (secondary N) is 2. The molecule has 0 unspecified atom stereocenters. The second-order valence-electron chi connectivity index (χ2n) is 4.90. The summed E-state index contributed by atoms with van der Waals surface area (Å²) in [6.07, 6.45) is 5.74. The Morgan fingerprint density at radius 3 is 2.74 bits per heavy atom. The number of nitrogens with zero attached hydrogens (tertiary/aromatic N) is 2. The minimum atomic E-state index is 0.524. The van der Waals surface area contributed by atoms with E-state index < -0.39 is 0 Å². The molecule has 4 N–H and O–H groups in total. The van der Waals surface area contributed by atoms with Crippen molar-refractivity contribution >= 4 is 11.6 Å². The molecule has 1 aliphatic carbocycles. The van der Waals surface area contributed by atoms with E-state index in [2.05, 4.69) is 20.7 Å². The zero-order valence-corrected chi connectivity index (χ0v) is 11.5. The van der Waals surface area contributed by atoms with Gasteiger partial charge in [-0.3, -0.25) is 0 Å². The molecule has 6 heteroatoms. The van der Waals surface area contributed by atoms with E-state index in [1.54, 1.807) is 7.11 Å². The molecule has 1 fully saturated rings. The summed E-state index contributed by atoms with van der Waals surface area (Å²) in [6, 6.07) is 1.85. The van der Waals surface area contributed by atoms with Crippen LogP contribution in [-0.2, 0) is 4.74 Å². The maximum atomic E-state index is 5.44. The summed E-state index contributed by atoms with van der Waals surface area (Å²) in [5, 5.41) is 3.33. The number of ether oxygens (including phenoxy) is 1. The van der Waals surface area contributed by atoms with Crippen LogP contribution in [0.15, 0.2) is 6.07 Å². The maximum absolute atomic E-state index is 5.44. The van der Waals surface area contributed by atoms with Gasteiger partial charge in [0.2, 0.25) is 0 Å². The lowest BCUT2D eigenvalue weighted by molar-refractivity contribution is 0.192. The smallest absolute Gasteiger partial charge is 0.145 e. The normalized spacial score (nSPS) is 14.4. The van der Waals surface area contributed by atoms with Crippen LogP contribution in [0.3, 0.4) is 0 Å². The van der Waals surface area contributed by atoms with Crippen molar-refractivity contribution in [3.05, 3.63) is 11.9 Å². The molecule has 0 saturated heterocycles. The minimum absolute atomic E-state index is 0.524. The Morgan fingerprint density at radius 2 is 2.05 bits per heavy atom. The maximum Gasteiger partial charge on any atom is 0.145 e. The predicted molar refractivity (Wildman–Crippen MR) is 76.0 cm³/mol.